The number of nitrogens with one attached hydrogen (secondary N) is 1. The maximum absolute atomic E-state index is 13.3. The lowest BCUT2D eigenvalue weighted by Crippen LogP contribution is -2.22. The maximum atomic E-state index is 13.3. The fraction of sp³-hybridized carbons (Fsp3) is 0.300. The van der Waals surface area contributed by atoms with Crippen LogP contribution in [0.15, 0.2) is 12.1 Å². The van der Waals surface area contributed by atoms with Crippen molar-refractivity contribution in [2.24, 2.45) is 0 Å². The summed E-state index contributed by atoms with van der Waals surface area (Å²) in [5.74, 6) is -2.56. The second-order valence-electron chi connectivity index (χ2n) is 3.50. The quantitative estimate of drug-likeness (QED) is 0.779. The van der Waals surface area contributed by atoms with Gasteiger partial charge in [0, 0.05) is 0 Å². The average Bonchev–Trinajstić information content (AvgIpc) is 2.70. The van der Waals surface area contributed by atoms with Crippen molar-refractivity contribution in [1.82, 2.24) is 5.32 Å². The van der Waals surface area contributed by atoms with E-state index in [1.54, 1.807) is 0 Å². The number of anilines is 1. The van der Waals surface area contributed by atoms with Gasteiger partial charge in [0.2, 0.25) is 5.82 Å². The number of carbonyl (C=O) groups excluding carboxylic acids is 1. The molecule has 1 aliphatic rings. The van der Waals surface area contributed by atoms with Crippen molar-refractivity contribution in [3.05, 3.63) is 23.8 Å². The summed E-state index contributed by atoms with van der Waals surface area (Å²) in [6.07, 6.45) is -1.10. The highest BCUT2D eigenvalue weighted by Crippen LogP contribution is 2.27. The number of carbonyl (C=O) groups is 1. The number of ether oxygens (including phenoxy) is 2. The molecule has 3 N–H and O–H groups in total. The van der Waals surface area contributed by atoms with Crippen LogP contribution in [0.4, 0.5) is 19.3 Å². The standard InChI is InChI=1S/C10H10F2N2O3/c11-6-1-2-7(13)9(8(6)12)16-4-5-3-14-10(15)17-5/h1-2,5H,3-4,13H2,(H,14,15). The fourth-order valence-corrected chi connectivity index (χ4v) is 1.39. The van der Waals surface area contributed by atoms with Gasteiger partial charge in [0.25, 0.3) is 0 Å². The molecule has 17 heavy (non-hydrogen) atoms. The lowest BCUT2D eigenvalue weighted by Gasteiger charge is -2.12. The molecule has 1 aromatic rings. The first-order chi connectivity index (χ1) is 8.08. The monoisotopic (exact) mass is 244 g/mol. The van der Waals surface area contributed by atoms with Gasteiger partial charge in [0.1, 0.15) is 6.61 Å². The number of hydrogen-bond acceptors (Lipinski definition) is 4. The van der Waals surface area contributed by atoms with Crippen molar-refractivity contribution >= 4 is 11.8 Å². The number of nitrogen functional groups attached to an aromatic ring is 1. The summed E-state index contributed by atoms with van der Waals surface area (Å²) in [5.41, 5.74) is 5.43. The Balaban J connectivity index is 2.04. The number of amides is 1. The molecule has 0 aromatic heterocycles. The van der Waals surface area contributed by atoms with Crippen LogP contribution in [0.3, 0.4) is 0 Å². The number of alkyl carbamates (subject to hydrolysis) is 1. The van der Waals surface area contributed by atoms with Crippen LogP contribution in [-0.4, -0.2) is 25.3 Å². The lowest BCUT2D eigenvalue weighted by molar-refractivity contribution is 0.103. The zero-order valence-electron chi connectivity index (χ0n) is 8.70. The number of rotatable bonds is 3. The van der Waals surface area contributed by atoms with Gasteiger partial charge in [-0.25, -0.2) is 9.18 Å². The second kappa shape index (κ2) is 4.44. The van der Waals surface area contributed by atoms with Gasteiger partial charge in [-0.05, 0) is 12.1 Å². The molecule has 0 radical (unpaired) electrons. The highest BCUT2D eigenvalue weighted by Gasteiger charge is 2.24. The molecular weight excluding hydrogens is 234 g/mol. The highest BCUT2D eigenvalue weighted by atomic mass is 19.2. The molecular formula is C10H10F2N2O3. The van der Waals surface area contributed by atoms with Gasteiger partial charge >= 0.3 is 6.09 Å². The normalized spacial score (nSPS) is 18.7. The van der Waals surface area contributed by atoms with Gasteiger partial charge in [0.05, 0.1) is 12.2 Å². The van der Waals surface area contributed by atoms with E-state index in [-0.39, 0.29) is 24.6 Å². The number of halogens is 2. The van der Waals surface area contributed by atoms with Crippen LogP contribution in [0.1, 0.15) is 0 Å². The van der Waals surface area contributed by atoms with E-state index in [1.807, 2.05) is 0 Å². The molecule has 0 saturated carbocycles. The fourth-order valence-electron chi connectivity index (χ4n) is 1.39. The van der Waals surface area contributed by atoms with E-state index in [0.717, 1.165) is 6.07 Å². The van der Waals surface area contributed by atoms with E-state index < -0.39 is 23.8 Å². The van der Waals surface area contributed by atoms with E-state index in [1.165, 1.54) is 6.07 Å². The van der Waals surface area contributed by atoms with Gasteiger partial charge in [-0.1, -0.05) is 0 Å². The summed E-state index contributed by atoms with van der Waals surface area (Å²) in [7, 11) is 0. The number of benzene rings is 1. The van der Waals surface area contributed by atoms with E-state index in [9.17, 15) is 13.6 Å². The minimum Gasteiger partial charge on any atom is -0.484 e. The molecule has 1 atom stereocenters. The topological polar surface area (TPSA) is 73.6 Å². The van der Waals surface area contributed by atoms with E-state index in [2.05, 4.69) is 5.32 Å². The summed E-state index contributed by atoms with van der Waals surface area (Å²) in [4.78, 5) is 10.7. The summed E-state index contributed by atoms with van der Waals surface area (Å²) in [5, 5.41) is 2.41. The van der Waals surface area contributed by atoms with Crippen LogP contribution in [-0.2, 0) is 4.74 Å². The molecule has 1 aromatic carbocycles. The molecule has 1 heterocycles. The first-order valence-corrected chi connectivity index (χ1v) is 4.88. The van der Waals surface area contributed by atoms with Crippen molar-refractivity contribution < 1.29 is 23.0 Å². The largest absolute Gasteiger partial charge is 0.484 e. The maximum Gasteiger partial charge on any atom is 0.407 e. The molecule has 2 rings (SSSR count). The minimum absolute atomic E-state index is 0.0128. The smallest absolute Gasteiger partial charge is 0.407 e. The third kappa shape index (κ3) is 2.38. The van der Waals surface area contributed by atoms with Gasteiger partial charge in [-0.3, -0.25) is 0 Å². The number of nitrogens with two attached hydrogens (primary N) is 1. The molecule has 92 valence electrons. The lowest BCUT2D eigenvalue weighted by atomic mass is 10.2. The Hall–Kier alpha value is -2.05. The van der Waals surface area contributed by atoms with Crippen LogP contribution in [0, 0.1) is 11.6 Å². The molecule has 0 bridgehead atoms. The van der Waals surface area contributed by atoms with Crippen LogP contribution < -0.4 is 15.8 Å². The third-order valence-electron chi connectivity index (χ3n) is 2.24. The molecule has 7 heteroatoms. The summed E-state index contributed by atoms with van der Waals surface area (Å²) in [6, 6.07) is 2.11. The molecule has 5 nitrogen and oxygen atoms in total. The van der Waals surface area contributed by atoms with Crippen molar-refractivity contribution in [2.75, 3.05) is 18.9 Å². The molecule has 1 unspecified atom stereocenters. The predicted molar refractivity (Wildman–Crippen MR) is 54.5 cm³/mol. The Kier molecular flexibility index (Phi) is 2.99. The first-order valence-electron chi connectivity index (χ1n) is 4.88. The van der Waals surface area contributed by atoms with Gasteiger partial charge in [0.15, 0.2) is 17.7 Å². The van der Waals surface area contributed by atoms with Crippen LogP contribution in [0.2, 0.25) is 0 Å². The van der Waals surface area contributed by atoms with E-state index in [0.29, 0.717) is 0 Å². The Bertz CT molecular complexity index is 453. The Morgan fingerprint density at radius 1 is 1.53 bits per heavy atom. The summed E-state index contributed by atoms with van der Waals surface area (Å²) >= 11 is 0. The molecule has 1 amide bonds. The minimum atomic E-state index is -1.15. The highest BCUT2D eigenvalue weighted by molar-refractivity contribution is 5.69. The molecule has 0 aliphatic carbocycles. The SMILES string of the molecule is Nc1ccc(F)c(F)c1OCC1CNC(=O)O1. The molecule has 1 saturated heterocycles. The van der Waals surface area contributed by atoms with Crippen LogP contribution in [0.5, 0.6) is 5.75 Å². The summed E-state index contributed by atoms with van der Waals surface area (Å²) in [6.45, 7) is 0.166. The van der Waals surface area contributed by atoms with Crippen LogP contribution >= 0.6 is 0 Å². The van der Waals surface area contributed by atoms with Gasteiger partial charge < -0.3 is 20.5 Å². The second-order valence-corrected chi connectivity index (χ2v) is 3.50. The zero-order chi connectivity index (χ0) is 12.4. The van der Waals surface area contributed by atoms with E-state index in [4.69, 9.17) is 15.2 Å². The first kappa shape index (κ1) is 11.4. The van der Waals surface area contributed by atoms with Gasteiger partial charge in [-0.2, -0.15) is 4.39 Å². The van der Waals surface area contributed by atoms with Crippen molar-refractivity contribution in [2.45, 2.75) is 6.10 Å². The van der Waals surface area contributed by atoms with Gasteiger partial charge in [-0.15, -0.1) is 0 Å². The number of cyclic esters (lactones) is 1. The Morgan fingerprint density at radius 2 is 2.29 bits per heavy atom. The third-order valence-corrected chi connectivity index (χ3v) is 2.24. The molecule has 1 fully saturated rings. The van der Waals surface area contributed by atoms with E-state index >= 15 is 0 Å². The zero-order valence-corrected chi connectivity index (χ0v) is 8.70. The molecule has 0 spiro atoms. The summed E-state index contributed by atoms with van der Waals surface area (Å²) < 4.78 is 36.0. The van der Waals surface area contributed by atoms with Crippen molar-refractivity contribution in [1.29, 1.82) is 0 Å². The predicted octanol–water partition coefficient (Wildman–Crippen LogP) is 1.03. The molecule has 1 aliphatic heterocycles. The Labute approximate surface area is 95.5 Å². The van der Waals surface area contributed by atoms with Crippen LogP contribution in [0.25, 0.3) is 0 Å². The van der Waals surface area contributed by atoms with Crippen molar-refractivity contribution in [3.63, 3.8) is 0 Å². The number of hydrogen-bond donors (Lipinski definition) is 2. The van der Waals surface area contributed by atoms with Crippen molar-refractivity contribution in [3.8, 4) is 5.75 Å². The average molecular weight is 244 g/mol. The Morgan fingerprint density at radius 3 is 2.94 bits per heavy atom.